The molecule has 0 aliphatic rings. The third kappa shape index (κ3) is 3.50. The summed E-state index contributed by atoms with van der Waals surface area (Å²) < 4.78 is 0. The summed E-state index contributed by atoms with van der Waals surface area (Å²) in [4.78, 5) is 24.3. The summed E-state index contributed by atoms with van der Waals surface area (Å²) in [5.74, 6) is -0.756. The van der Waals surface area contributed by atoms with Crippen LogP contribution in [-0.4, -0.2) is 16.9 Å². The summed E-state index contributed by atoms with van der Waals surface area (Å²) >= 11 is 0. The van der Waals surface area contributed by atoms with E-state index < -0.39 is 5.97 Å². The first-order valence-corrected chi connectivity index (χ1v) is 7.83. The van der Waals surface area contributed by atoms with Crippen molar-refractivity contribution in [1.82, 2.24) is 0 Å². The summed E-state index contributed by atoms with van der Waals surface area (Å²) in [5, 5.41) is 9.30. The Balaban J connectivity index is 2.58. The Morgan fingerprint density at radius 1 is 0.826 bits per heavy atom. The molecular weight excluding hydrogens is 288 g/mol. The van der Waals surface area contributed by atoms with Gasteiger partial charge in [0.1, 0.15) is 0 Å². The second-order valence-corrected chi connectivity index (χ2v) is 6.34. The minimum Gasteiger partial charge on any atom is -0.478 e. The van der Waals surface area contributed by atoms with Crippen molar-refractivity contribution >= 4 is 11.8 Å². The number of rotatable bonds is 5. The van der Waals surface area contributed by atoms with Gasteiger partial charge in [0.25, 0.3) is 0 Å². The first kappa shape index (κ1) is 16.9. The van der Waals surface area contributed by atoms with Gasteiger partial charge in [0.15, 0.2) is 5.78 Å². The Morgan fingerprint density at radius 3 is 1.96 bits per heavy atom. The van der Waals surface area contributed by atoms with Gasteiger partial charge in [0.2, 0.25) is 0 Å². The molecule has 0 atom stereocenters. The average molecular weight is 310 g/mol. The minimum atomic E-state index is -1.08. The number of hydrogen-bond acceptors (Lipinski definition) is 2. The van der Waals surface area contributed by atoms with Crippen molar-refractivity contribution < 1.29 is 14.7 Å². The van der Waals surface area contributed by atoms with Crippen LogP contribution in [0.2, 0.25) is 0 Å². The van der Waals surface area contributed by atoms with Crippen molar-refractivity contribution in [2.24, 2.45) is 0 Å². The number of benzene rings is 2. The molecule has 0 radical (unpaired) electrons. The highest BCUT2D eigenvalue weighted by Gasteiger charge is 2.21. The van der Waals surface area contributed by atoms with Gasteiger partial charge < -0.3 is 5.11 Å². The van der Waals surface area contributed by atoms with E-state index in [1.165, 1.54) is 11.6 Å². The van der Waals surface area contributed by atoms with Gasteiger partial charge in [-0.05, 0) is 29.0 Å². The van der Waals surface area contributed by atoms with E-state index in [0.29, 0.717) is 11.5 Å². The van der Waals surface area contributed by atoms with Crippen molar-refractivity contribution in [3.63, 3.8) is 0 Å². The molecule has 120 valence electrons. The van der Waals surface area contributed by atoms with Gasteiger partial charge in [-0.1, -0.05) is 64.1 Å². The summed E-state index contributed by atoms with van der Waals surface area (Å²) in [5.41, 5.74) is 3.00. The standard InChI is InChI=1S/C20H22O3/c1-12(2)14-9-10-16(18(11-14)13(3)4)19(21)15-7-5-6-8-17(15)20(22)23/h5-13H,1-4H3,(H,22,23). The molecule has 0 aliphatic heterocycles. The lowest BCUT2D eigenvalue weighted by Crippen LogP contribution is -2.12. The Kier molecular flexibility index (Phi) is 4.99. The van der Waals surface area contributed by atoms with E-state index in [2.05, 4.69) is 19.9 Å². The minimum absolute atomic E-state index is 0.0418. The molecule has 0 saturated carbocycles. The number of aromatic carboxylic acids is 1. The second-order valence-electron chi connectivity index (χ2n) is 6.34. The molecule has 0 bridgehead atoms. The van der Waals surface area contributed by atoms with Crippen molar-refractivity contribution in [3.8, 4) is 0 Å². The number of carboxylic acids is 1. The predicted octanol–water partition coefficient (Wildman–Crippen LogP) is 4.86. The SMILES string of the molecule is CC(C)c1ccc(C(=O)c2ccccc2C(=O)O)c(C(C)C)c1. The molecule has 0 unspecified atom stereocenters. The highest BCUT2D eigenvalue weighted by molar-refractivity contribution is 6.15. The third-order valence-electron chi connectivity index (χ3n) is 4.01. The molecule has 0 fully saturated rings. The van der Waals surface area contributed by atoms with Gasteiger partial charge >= 0.3 is 5.97 Å². The zero-order chi connectivity index (χ0) is 17.1. The summed E-state index contributed by atoms with van der Waals surface area (Å²) in [6.45, 7) is 8.31. The van der Waals surface area contributed by atoms with E-state index in [9.17, 15) is 14.7 Å². The van der Waals surface area contributed by atoms with E-state index in [1.807, 2.05) is 26.0 Å². The Labute approximate surface area is 137 Å². The highest BCUT2D eigenvalue weighted by atomic mass is 16.4. The maximum Gasteiger partial charge on any atom is 0.336 e. The molecular formula is C20H22O3. The quantitative estimate of drug-likeness (QED) is 0.802. The van der Waals surface area contributed by atoms with E-state index in [1.54, 1.807) is 18.2 Å². The molecule has 0 aliphatic carbocycles. The molecule has 0 heterocycles. The number of carboxylic acid groups (broad SMARTS) is 1. The molecule has 3 nitrogen and oxygen atoms in total. The van der Waals surface area contributed by atoms with Crippen molar-refractivity contribution in [1.29, 1.82) is 0 Å². The van der Waals surface area contributed by atoms with Crippen LogP contribution in [0.4, 0.5) is 0 Å². The summed E-state index contributed by atoms with van der Waals surface area (Å²) in [6.07, 6.45) is 0. The lowest BCUT2D eigenvalue weighted by molar-refractivity contribution is 0.0693. The fourth-order valence-corrected chi connectivity index (χ4v) is 2.64. The molecule has 23 heavy (non-hydrogen) atoms. The predicted molar refractivity (Wildman–Crippen MR) is 91.5 cm³/mol. The van der Waals surface area contributed by atoms with Crippen molar-refractivity contribution in [2.45, 2.75) is 39.5 Å². The first-order chi connectivity index (χ1) is 10.8. The van der Waals surface area contributed by atoms with E-state index >= 15 is 0 Å². The molecule has 1 N–H and O–H groups in total. The zero-order valence-electron chi connectivity index (χ0n) is 14.0. The third-order valence-corrected chi connectivity index (χ3v) is 4.01. The van der Waals surface area contributed by atoms with Gasteiger partial charge in [-0.2, -0.15) is 0 Å². The van der Waals surface area contributed by atoms with E-state index in [0.717, 1.165) is 5.56 Å². The monoisotopic (exact) mass is 310 g/mol. The van der Waals surface area contributed by atoms with Crippen LogP contribution in [0.5, 0.6) is 0 Å². The fraction of sp³-hybridized carbons (Fsp3) is 0.300. The maximum atomic E-state index is 12.9. The maximum absolute atomic E-state index is 12.9. The molecule has 0 saturated heterocycles. The largest absolute Gasteiger partial charge is 0.478 e. The van der Waals surface area contributed by atoms with Crippen LogP contribution in [0, 0.1) is 0 Å². The molecule has 2 aromatic rings. The Morgan fingerprint density at radius 2 is 1.43 bits per heavy atom. The summed E-state index contributed by atoms with van der Waals surface area (Å²) in [6, 6.07) is 12.2. The second kappa shape index (κ2) is 6.78. The smallest absolute Gasteiger partial charge is 0.336 e. The fourth-order valence-electron chi connectivity index (χ4n) is 2.64. The van der Waals surface area contributed by atoms with Crippen LogP contribution >= 0.6 is 0 Å². The number of ketones is 1. The van der Waals surface area contributed by atoms with Crippen molar-refractivity contribution in [3.05, 3.63) is 70.3 Å². The van der Waals surface area contributed by atoms with Crippen LogP contribution < -0.4 is 0 Å². The van der Waals surface area contributed by atoms with Crippen LogP contribution in [-0.2, 0) is 0 Å². The molecule has 0 spiro atoms. The van der Waals surface area contributed by atoms with Crippen molar-refractivity contribution in [2.75, 3.05) is 0 Å². The van der Waals surface area contributed by atoms with Crippen LogP contribution in [0.3, 0.4) is 0 Å². The number of carbonyl (C=O) groups is 2. The lowest BCUT2D eigenvalue weighted by atomic mass is 9.87. The van der Waals surface area contributed by atoms with Crippen LogP contribution in [0.1, 0.15) is 76.9 Å². The van der Waals surface area contributed by atoms with Gasteiger partial charge in [-0.3, -0.25) is 4.79 Å². The Hall–Kier alpha value is -2.42. The molecule has 0 aromatic heterocycles. The molecule has 2 rings (SSSR count). The number of hydrogen-bond donors (Lipinski definition) is 1. The number of carbonyl (C=O) groups excluding carboxylic acids is 1. The van der Waals surface area contributed by atoms with Gasteiger partial charge in [0, 0.05) is 11.1 Å². The lowest BCUT2D eigenvalue weighted by Gasteiger charge is -2.16. The van der Waals surface area contributed by atoms with E-state index in [-0.39, 0.29) is 22.8 Å². The molecule has 3 heteroatoms. The topological polar surface area (TPSA) is 54.4 Å². The molecule has 2 aromatic carbocycles. The van der Waals surface area contributed by atoms with Gasteiger partial charge in [-0.25, -0.2) is 4.79 Å². The zero-order valence-corrected chi connectivity index (χ0v) is 14.0. The van der Waals surface area contributed by atoms with Crippen LogP contribution in [0.25, 0.3) is 0 Å². The normalized spacial score (nSPS) is 11.0. The highest BCUT2D eigenvalue weighted by Crippen LogP contribution is 2.27. The van der Waals surface area contributed by atoms with Gasteiger partial charge in [-0.15, -0.1) is 0 Å². The Bertz CT molecular complexity index is 742. The molecule has 0 amide bonds. The average Bonchev–Trinajstić information content (AvgIpc) is 2.53. The van der Waals surface area contributed by atoms with Gasteiger partial charge in [0.05, 0.1) is 5.56 Å². The summed E-state index contributed by atoms with van der Waals surface area (Å²) in [7, 11) is 0. The van der Waals surface area contributed by atoms with Crippen LogP contribution in [0.15, 0.2) is 42.5 Å². The van der Waals surface area contributed by atoms with E-state index in [4.69, 9.17) is 0 Å². The first-order valence-electron chi connectivity index (χ1n) is 7.83.